The van der Waals surface area contributed by atoms with Crippen LogP contribution in [0, 0.1) is 0 Å². The van der Waals surface area contributed by atoms with E-state index in [9.17, 15) is 13.2 Å². The molecule has 2 aromatic rings. The van der Waals surface area contributed by atoms with Crippen LogP contribution in [0.4, 0.5) is 5.69 Å². The van der Waals surface area contributed by atoms with Gasteiger partial charge in [-0.05, 0) is 49.6 Å². The first kappa shape index (κ1) is 21.8. The largest absolute Gasteiger partial charge is 0.497 e. The highest BCUT2D eigenvalue weighted by Crippen LogP contribution is 2.36. The third-order valence-electron chi connectivity index (χ3n) is 4.73. The number of nitrogens with one attached hydrogen (secondary N) is 1. The third-order valence-corrected chi connectivity index (χ3v) is 6.47. The molecule has 0 spiro atoms. The van der Waals surface area contributed by atoms with Gasteiger partial charge in [0, 0.05) is 12.6 Å². The summed E-state index contributed by atoms with van der Waals surface area (Å²) in [7, 11) is -2.02. The number of aryl methyl sites for hydroxylation is 1. The SMILES string of the molecule is CCS(=O)(=O)N(CC(=O)NCCCc1cccc(OC)c1)c1ccc2c(c1)OCO2. The number of benzene rings is 2. The van der Waals surface area contributed by atoms with Crippen LogP contribution in [-0.4, -0.2) is 47.1 Å². The Bertz CT molecular complexity index is 993. The Balaban J connectivity index is 1.58. The molecule has 1 heterocycles. The molecule has 8 nitrogen and oxygen atoms in total. The van der Waals surface area contributed by atoms with Crippen LogP contribution in [-0.2, 0) is 21.2 Å². The Hall–Kier alpha value is -2.94. The summed E-state index contributed by atoms with van der Waals surface area (Å²) >= 11 is 0. The lowest BCUT2D eigenvalue weighted by molar-refractivity contribution is -0.119. The highest BCUT2D eigenvalue weighted by Gasteiger charge is 2.25. The van der Waals surface area contributed by atoms with Gasteiger partial charge in [0.1, 0.15) is 12.3 Å². The number of methoxy groups -OCH3 is 1. The number of anilines is 1. The van der Waals surface area contributed by atoms with Gasteiger partial charge in [0.25, 0.3) is 0 Å². The predicted octanol–water partition coefficient (Wildman–Crippen LogP) is 2.33. The van der Waals surface area contributed by atoms with Gasteiger partial charge in [-0.2, -0.15) is 0 Å². The first-order chi connectivity index (χ1) is 14.4. The molecule has 1 amide bonds. The van der Waals surface area contributed by atoms with Gasteiger partial charge in [-0.15, -0.1) is 0 Å². The number of carbonyl (C=O) groups is 1. The van der Waals surface area contributed by atoms with E-state index in [1.807, 2.05) is 24.3 Å². The Morgan fingerprint density at radius 1 is 1.17 bits per heavy atom. The first-order valence-electron chi connectivity index (χ1n) is 9.72. The molecule has 162 valence electrons. The molecule has 0 atom stereocenters. The van der Waals surface area contributed by atoms with Gasteiger partial charge < -0.3 is 19.5 Å². The van der Waals surface area contributed by atoms with Gasteiger partial charge in [-0.3, -0.25) is 9.10 Å². The summed E-state index contributed by atoms with van der Waals surface area (Å²) in [6.45, 7) is 1.78. The summed E-state index contributed by atoms with van der Waals surface area (Å²) in [6, 6.07) is 12.6. The van der Waals surface area contributed by atoms with E-state index in [0.717, 1.165) is 28.5 Å². The first-order valence-corrected chi connectivity index (χ1v) is 11.3. The molecule has 30 heavy (non-hydrogen) atoms. The topological polar surface area (TPSA) is 94.2 Å². The summed E-state index contributed by atoms with van der Waals surface area (Å²) < 4.78 is 42.0. The summed E-state index contributed by atoms with van der Waals surface area (Å²) in [5.74, 6) is 1.32. The zero-order valence-corrected chi connectivity index (χ0v) is 17.9. The molecule has 0 saturated heterocycles. The second-order valence-electron chi connectivity index (χ2n) is 6.75. The maximum atomic E-state index is 12.6. The molecule has 0 fully saturated rings. The standard InChI is InChI=1S/C21H26N2O6S/c1-3-30(25,26)23(17-9-10-19-20(13-17)29-15-28-19)14-21(24)22-11-5-7-16-6-4-8-18(12-16)27-2/h4,6,8-10,12-13H,3,5,7,11,14-15H2,1-2H3,(H,22,24). The molecule has 1 N–H and O–H groups in total. The van der Waals surface area contributed by atoms with Crippen LogP contribution in [0.1, 0.15) is 18.9 Å². The lowest BCUT2D eigenvalue weighted by atomic mass is 10.1. The van der Waals surface area contributed by atoms with Crippen molar-refractivity contribution in [2.24, 2.45) is 0 Å². The zero-order chi connectivity index (χ0) is 21.6. The highest BCUT2D eigenvalue weighted by atomic mass is 32.2. The van der Waals surface area contributed by atoms with Crippen LogP contribution in [0.25, 0.3) is 0 Å². The number of nitrogens with zero attached hydrogens (tertiary/aromatic N) is 1. The summed E-state index contributed by atoms with van der Waals surface area (Å²) in [6.07, 6.45) is 1.50. The van der Waals surface area contributed by atoms with Gasteiger partial charge in [0.15, 0.2) is 11.5 Å². The average Bonchev–Trinajstić information content (AvgIpc) is 3.23. The second-order valence-corrected chi connectivity index (χ2v) is 8.93. The van der Waals surface area contributed by atoms with Crippen LogP contribution in [0.5, 0.6) is 17.2 Å². The van der Waals surface area contributed by atoms with Crippen molar-refractivity contribution in [1.82, 2.24) is 5.32 Å². The van der Waals surface area contributed by atoms with Crippen LogP contribution in [0.15, 0.2) is 42.5 Å². The van der Waals surface area contributed by atoms with Crippen LogP contribution in [0.3, 0.4) is 0 Å². The van der Waals surface area contributed by atoms with Crippen molar-refractivity contribution in [2.75, 3.05) is 37.1 Å². The molecule has 3 rings (SSSR count). The van der Waals surface area contributed by atoms with Crippen molar-refractivity contribution in [3.05, 3.63) is 48.0 Å². The molecule has 1 aliphatic heterocycles. The smallest absolute Gasteiger partial charge is 0.240 e. The van der Waals surface area contributed by atoms with Crippen LogP contribution in [0.2, 0.25) is 0 Å². The lowest BCUT2D eigenvalue weighted by Gasteiger charge is -2.23. The quantitative estimate of drug-likeness (QED) is 0.577. The van der Waals surface area contributed by atoms with E-state index in [1.54, 1.807) is 32.2 Å². The molecular weight excluding hydrogens is 408 g/mol. The van der Waals surface area contributed by atoms with Gasteiger partial charge >= 0.3 is 0 Å². The predicted molar refractivity (Wildman–Crippen MR) is 114 cm³/mol. The fraction of sp³-hybridized carbons (Fsp3) is 0.381. The zero-order valence-electron chi connectivity index (χ0n) is 17.1. The number of fused-ring (bicyclic) bond motifs is 1. The fourth-order valence-electron chi connectivity index (χ4n) is 3.08. The van der Waals surface area contributed by atoms with E-state index in [1.165, 1.54) is 0 Å². The Labute approximate surface area is 176 Å². The molecule has 0 radical (unpaired) electrons. The molecule has 2 aromatic carbocycles. The van der Waals surface area contributed by atoms with E-state index in [0.29, 0.717) is 23.7 Å². The summed E-state index contributed by atoms with van der Waals surface area (Å²) in [4.78, 5) is 12.4. The maximum Gasteiger partial charge on any atom is 0.240 e. The Kier molecular flexibility index (Phi) is 7.04. The van der Waals surface area contributed by atoms with Crippen molar-refractivity contribution in [3.8, 4) is 17.2 Å². The minimum absolute atomic E-state index is 0.0904. The number of hydrogen-bond acceptors (Lipinski definition) is 6. The van der Waals surface area contributed by atoms with E-state index in [2.05, 4.69) is 5.32 Å². The third kappa shape index (κ3) is 5.35. The van der Waals surface area contributed by atoms with Crippen LogP contribution >= 0.6 is 0 Å². The summed E-state index contributed by atoms with van der Waals surface area (Å²) in [5, 5.41) is 2.80. The minimum Gasteiger partial charge on any atom is -0.497 e. The number of amides is 1. The fourth-order valence-corrected chi connectivity index (χ4v) is 4.14. The van der Waals surface area contributed by atoms with Crippen molar-refractivity contribution >= 4 is 21.6 Å². The second kappa shape index (κ2) is 9.71. The van der Waals surface area contributed by atoms with E-state index < -0.39 is 10.0 Å². The highest BCUT2D eigenvalue weighted by molar-refractivity contribution is 7.92. The van der Waals surface area contributed by atoms with Crippen LogP contribution < -0.4 is 23.8 Å². The van der Waals surface area contributed by atoms with E-state index in [-0.39, 0.29) is 25.0 Å². The molecule has 1 aliphatic rings. The molecule has 0 unspecified atom stereocenters. The van der Waals surface area contributed by atoms with E-state index >= 15 is 0 Å². The van der Waals surface area contributed by atoms with Crippen molar-refractivity contribution in [3.63, 3.8) is 0 Å². The number of sulfonamides is 1. The average molecular weight is 435 g/mol. The number of rotatable bonds is 10. The molecule has 0 aromatic heterocycles. The van der Waals surface area contributed by atoms with Crippen molar-refractivity contribution < 1.29 is 27.4 Å². The molecule has 9 heteroatoms. The number of carbonyl (C=O) groups excluding carboxylic acids is 1. The van der Waals surface area contributed by atoms with Gasteiger partial charge in [-0.25, -0.2) is 8.42 Å². The molecular formula is C21H26N2O6S. The maximum absolute atomic E-state index is 12.6. The number of hydrogen-bond donors (Lipinski definition) is 1. The van der Waals surface area contributed by atoms with Gasteiger partial charge in [-0.1, -0.05) is 12.1 Å². The Morgan fingerprint density at radius 2 is 1.97 bits per heavy atom. The van der Waals surface area contributed by atoms with Crippen molar-refractivity contribution in [2.45, 2.75) is 19.8 Å². The summed E-state index contributed by atoms with van der Waals surface area (Å²) in [5.41, 5.74) is 1.48. The molecule has 0 saturated carbocycles. The molecule has 0 bridgehead atoms. The van der Waals surface area contributed by atoms with Gasteiger partial charge in [0.05, 0.1) is 18.6 Å². The normalized spacial score (nSPS) is 12.5. The van der Waals surface area contributed by atoms with Crippen molar-refractivity contribution in [1.29, 1.82) is 0 Å². The van der Waals surface area contributed by atoms with Gasteiger partial charge in [0.2, 0.25) is 22.7 Å². The Morgan fingerprint density at radius 3 is 2.73 bits per heavy atom. The monoisotopic (exact) mass is 434 g/mol. The molecule has 0 aliphatic carbocycles. The number of ether oxygens (including phenoxy) is 3. The minimum atomic E-state index is -3.64. The lowest BCUT2D eigenvalue weighted by Crippen LogP contribution is -2.41. The van der Waals surface area contributed by atoms with E-state index in [4.69, 9.17) is 14.2 Å².